The largest absolute Gasteiger partial charge is 0.497 e. The van der Waals surface area contributed by atoms with Gasteiger partial charge in [-0.2, -0.15) is 0 Å². The fourth-order valence-corrected chi connectivity index (χ4v) is 4.01. The lowest BCUT2D eigenvalue weighted by Crippen LogP contribution is -2.29. The van der Waals surface area contributed by atoms with Crippen LogP contribution in [0.5, 0.6) is 5.75 Å². The predicted molar refractivity (Wildman–Crippen MR) is 129 cm³/mol. The Kier molecular flexibility index (Phi) is 5.50. The monoisotopic (exact) mass is 437 g/mol. The summed E-state index contributed by atoms with van der Waals surface area (Å²) in [5, 5.41) is 15.2. The van der Waals surface area contributed by atoms with Crippen LogP contribution in [-0.2, 0) is 0 Å². The Labute approximate surface area is 190 Å². The highest BCUT2D eigenvalue weighted by Crippen LogP contribution is 2.33. The molecule has 1 amide bonds. The summed E-state index contributed by atoms with van der Waals surface area (Å²) in [6.45, 7) is 0.0882. The number of hydrogen-bond acceptors (Lipinski definition) is 4. The van der Waals surface area contributed by atoms with Gasteiger partial charge in [-0.15, -0.1) is 0 Å². The van der Waals surface area contributed by atoms with Gasteiger partial charge in [-0.1, -0.05) is 60.7 Å². The van der Waals surface area contributed by atoms with Crippen molar-refractivity contribution in [2.24, 2.45) is 0 Å². The number of aromatic amines is 1. The molecule has 5 rings (SSSR count). The van der Waals surface area contributed by atoms with Crippen LogP contribution in [0.4, 0.5) is 0 Å². The minimum absolute atomic E-state index is 0.0882. The molecule has 3 N–H and O–H groups in total. The van der Waals surface area contributed by atoms with Crippen molar-refractivity contribution in [3.63, 3.8) is 0 Å². The van der Waals surface area contributed by atoms with Gasteiger partial charge in [-0.05, 0) is 29.8 Å². The Balaban J connectivity index is 1.56. The molecule has 33 heavy (non-hydrogen) atoms. The van der Waals surface area contributed by atoms with Gasteiger partial charge >= 0.3 is 0 Å². The van der Waals surface area contributed by atoms with E-state index in [1.54, 1.807) is 13.2 Å². The molecule has 1 atom stereocenters. The molecule has 6 nitrogen and oxygen atoms in total. The minimum Gasteiger partial charge on any atom is -0.497 e. The van der Waals surface area contributed by atoms with E-state index in [0.29, 0.717) is 11.4 Å². The number of aliphatic hydroxyl groups excluding tert-OH is 1. The standard InChI is InChI=1S/C27H23N3O3/c1-33-19-11-7-10-18(14-19)25-26-21(20-12-5-6-13-22(20)29-26)15-23(30-25)27(32)28-16-24(31)17-8-3-2-4-9-17/h2-15,24,29,31H,16H2,1H3,(H,28,32)/t24-/m1/s1. The molecule has 5 aromatic rings. The number of methoxy groups -OCH3 is 1. The Morgan fingerprint density at radius 2 is 1.79 bits per heavy atom. The number of aromatic nitrogens is 2. The zero-order valence-corrected chi connectivity index (χ0v) is 18.1. The van der Waals surface area contributed by atoms with Gasteiger partial charge in [0.25, 0.3) is 5.91 Å². The van der Waals surface area contributed by atoms with E-state index in [1.807, 2.05) is 78.9 Å². The molecular formula is C27H23N3O3. The van der Waals surface area contributed by atoms with Crippen LogP contribution in [0, 0.1) is 0 Å². The zero-order chi connectivity index (χ0) is 22.8. The molecule has 6 heteroatoms. The molecule has 0 radical (unpaired) electrons. The van der Waals surface area contributed by atoms with E-state index in [1.165, 1.54) is 0 Å². The van der Waals surface area contributed by atoms with E-state index in [9.17, 15) is 9.90 Å². The molecule has 0 fully saturated rings. The van der Waals surface area contributed by atoms with Crippen LogP contribution < -0.4 is 10.1 Å². The highest BCUT2D eigenvalue weighted by atomic mass is 16.5. The number of H-pyrrole nitrogens is 1. The first-order valence-electron chi connectivity index (χ1n) is 10.7. The van der Waals surface area contributed by atoms with E-state index in [4.69, 9.17) is 9.72 Å². The van der Waals surface area contributed by atoms with Crippen molar-refractivity contribution in [1.29, 1.82) is 0 Å². The number of carbonyl (C=O) groups is 1. The number of aliphatic hydroxyl groups is 1. The number of carbonyl (C=O) groups excluding carboxylic acids is 1. The SMILES string of the molecule is COc1cccc(-c2nc(C(=O)NC[C@@H](O)c3ccccc3)cc3c2[nH]c2ccccc23)c1. The van der Waals surface area contributed by atoms with Crippen LogP contribution in [-0.4, -0.2) is 34.6 Å². The van der Waals surface area contributed by atoms with E-state index in [2.05, 4.69) is 10.3 Å². The van der Waals surface area contributed by atoms with Crippen molar-refractivity contribution in [3.8, 4) is 17.0 Å². The fraction of sp³-hybridized carbons (Fsp3) is 0.111. The molecule has 0 aliphatic carbocycles. The van der Waals surface area contributed by atoms with Crippen molar-refractivity contribution in [2.45, 2.75) is 6.10 Å². The molecule has 3 aromatic carbocycles. The first-order chi connectivity index (χ1) is 16.1. The summed E-state index contributed by atoms with van der Waals surface area (Å²) >= 11 is 0. The summed E-state index contributed by atoms with van der Waals surface area (Å²) in [5.74, 6) is 0.362. The van der Waals surface area contributed by atoms with E-state index < -0.39 is 6.10 Å². The van der Waals surface area contributed by atoms with E-state index in [0.717, 1.165) is 32.9 Å². The summed E-state index contributed by atoms with van der Waals surface area (Å²) in [6, 6.07) is 26.6. The summed E-state index contributed by atoms with van der Waals surface area (Å²) in [4.78, 5) is 21.2. The molecule has 0 spiro atoms. The average Bonchev–Trinajstić information content (AvgIpc) is 3.25. The van der Waals surface area contributed by atoms with Gasteiger partial charge in [0, 0.05) is 28.4 Å². The number of pyridine rings is 1. The predicted octanol–water partition coefficient (Wildman–Crippen LogP) is 4.86. The number of fused-ring (bicyclic) bond motifs is 3. The van der Waals surface area contributed by atoms with Crippen LogP contribution in [0.2, 0.25) is 0 Å². The second kappa shape index (κ2) is 8.76. The lowest BCUT2D eigenvalue weighted by atomic mass is 10.1. The number of rotatable bonds is 6. The molecule has 0 aliphatic rings. The van der Waals surface area contributed by atoms with Crippen molar-refractivity contribution in [2.75, 3.05) is 13.7 Å². The maximum absolute atomic E-state index is 13.1. The number of nitrogens with zero attached hydrogens (tertiary/aromatic N) is 1. The fourth-order valence-electron chi connectivity index (χ4n) is 4.01. The van der Waals surface area contributed by atoms with Gasteiger partial charge in [-0.3, -0.25) is 4.79 Å². The number of amides is 1. The molecule has 0 aliphatic heterocycles. The van der Waals surface area contributed by atoms with Crippen LogP contribution in [0.3, 0.4) is 0 Å². The molecule has 0 unspecified atom stereocenters. The van der Waals surface area contributed by atoms with Crippen LogP contribution in [0.15, 0.2) is 84.9 Å². The van der Waals surface area contributed by atoms with Gasteiger partial charge in [0.05, 0.1) is 24.4 Å². The quantitative estimate of drug-likeness (QED) is 0.354. The lowest BCUT2D eigenvalue weighted by Gasteiger charge is -2.13. The highest BCUT2D eigenvalue weighted by molar-refractivity contribution is 6.13. The molecule has 0 bridgehead atoms. The van der Waals surface area contributed by atoms with Gasteiger partial charge < -0.3 is 20.1 Å². The molecule has 2 aromatic heterocycles. The number of hydrogen-bond donors (Lipinski definition) is 3. The first-order valence-corrected chi connectivity index (χ1v) is 10.7. The Morgan fingerprint density at radius 1 is 1.00 bits per heavy atom. The Bertz CT molecular complexity index is 1440. The Morgan fingerprint density at radius 3 is 2.61 bits per heavy atom. The summed E-state index contributed by atoms with van der Waals surface area (Å²) in [5.41, 5.74) is 4.35. The van der Waals surface area contributed by atoms with Crippen molar-refractivity contribution >= 4 is 27.7 Å². The molecule has 0 saturated heterocycles. The Hall–Kier alpha value is -4.16. The van der Waals surface area contributed by atoms with Crippen LogP contribution >= 0.6 is 0 Å². The third kappa shape index (κ3) is 4.04. The number of para-hydroxylation sites is 1. The molecular weight excluding hydrogens is 414 g/mol. The lowest BCUT2D eigenvalue weighted by molar-refractivity contribution is 0.0911. The number of nitrogens with one attached hydrogen (secondary N) is 2. The van der Waals surface area contributed by atoms with E-state index >= 15 is 0 Å². The smallest absolute Gasteiger partial charge is 0.270 e. The summed E-state index contributed by atoms with van der Waals surface area (Å²) in [7, 11) is 1.62. The van der Waals surface area contributed by atoms with E-state index in [-0.39, 0.29) is 18.1 Å². The average molecular weight is 437 g/mol. The van der Waals surface area contributed by atoms with Crippen molar-refractivity contribution in [3.05, 3.63) is 96.2 Å². The number of benzene rings is 3. The topological polar surface area (TPSA) is 87.2 Å². The maximum Gasteiger partial charge on any atom is 0.270 e. The van der Waals surface area contributed by atoms with Gasteiger partial charge in [0.2, 0.25) is 0 Å². The van der Waals surface area contributed by atoms with Gasteiger partial charge in [0.15, 0.2) is 0 Å². The maximum atomic E-state index is 13.1. The third-order valence-electron chi connectivity index (χ3n) is 5.71. The minimum atomic E-state index is -0.801. The molecule has 164 valence electrons. The van der Waals surface area contributed by atoms with Crippen LogP contribution in [0.1, 0.15) is 22.2 Å². The normalized spacial score (nSPS) is 12.1. The summed E-state index contributed by atoms with van der Waals surface area (Å²) in [6.07, 6.45) is -0.801. The van der Waals surface area contributed by atoms with Crippen LogP contribution in [0.25, 0.3) is 33.1 Å². The van der Waals surface area contributed by atoms with Crippen molar-refractivity contribution in [1.82, 2.24) is 15.3 Å². The van der Waals surface area contributed by atoms with Gasteiger partial charge in [0.1, 0.15) is 11.4 Å². The molecule has 2 heterocycles. The second-order valence-corrected chi connectivity index (χ2v) is 7.82. The summed E-state index contributed by atoms with van der Waals surface area (Å²) < 4.78 is 5.39. The first kappa shape index (κ1) is 20.7. The highest BCUT2D eigenvalue weighted by Gasteiger charge is 2.18. The number of ether oxygens (including phenoxy) is 1. The molecule has 0 saturated carbocycles. The van der Waals surface area contributed by atoms with Gasteiger partial charge in [-0.25, -0.2) is 4.98 Å². The second-order valence-electron chi connectivity index (χ2n) is 7.82. The van der Waals surface area contributed by atoms with Crippen molar-refractivity contribution < 1.29 is 14.6 Å². The third-order valence-corrected chi connectivity index (χ3v) is 5.71. The zero-order valence-electron chi connectivity index (χ0n) is 18.1.